The van der Waals surface area contributed by atoms with Crippen LogP contribution >= 0.6 is 0 Å². The number of aromatic amines is 1. The fourth-order valence-corrected chi connectivity index (χ4v) is 2.78. The summed E-state index contributed by atoms with van der Waals surface area (Å²) in [4.78, 5) is 16.0. The van der Waals surface area contributed by atoms with Crippen molar-refractivity contribution >= 4 is 0 Å². The third-order valence-electron chi connectivity index (χ3n) is 3.81. The fourth-order valence-electron chi connectivity index (χ4n) is 2.78. The van der Waals surface area contributed by atoms with Crippen LogP contribution in [0.3, 0.4) is 0 Å². The van der Waals surface area contributed by atoms with Crippen molar-refractivity contribution in [2.45, 2.75) is 19.5 Å². The van der Waals surface area contributed by atoms with Gasteiger partial charge in [0.15, 0.2) is 0 Å². The number of benzene rings is 1. The summed E-state index contributed by atoms with van der Waals surface area (Å²) < 4.78 is 0. The van der Waals surface area contributed by atoms with Crippen LogP contribution < -0.4 is 40.2 Å². The van der Waals surface area contributed by atoms with Gasteiger partial charge in [0.25, 0.3) is 5.56 Å². The predicted octanol–water partition coefficient (Wildman–Crippen LogP) is -2.12. The molecule has 1 aliphatic rings. The van der Waals surface area contributed by atoms with E-state index in [-0.39, 0.29) is 41.0 Å². The zero-order chi connectivity index (χ0) is 14.8. The second-order valence-electron chi connectivity index (χ2n) is 5.17. The molecule has 106 valence electrons. The van der Waals surface area contributed by atoms with E-state index in [1.54, 1.807) is 0 Å². The molecule has 0 saturated carbocycles. The maximum atomic E-state index is 12.0. The van der Waals surface area contributed by atoms with Crippen LogP contribution in [0.2, 0.25) is 0 Å². The van der Waals surface area contributed by atoms with Crippen molar-refractivity contribution < 1.29 is 34.7 Å². The van der Waals surface area contributed by atoms with Crippen molar-refractivity contribution in [3.05, 3.63) is 62.9 Å². The van der Waals surface area contributed by atoms with Gasteiger partial charge in [-0.3, -0.25) is 9.69 Å². The number of H-pyrrole nitrogens is 1. The summed E-state index contributed by atoms with van der Waals surface area (Å²) in [7, 11) is 0. The third kappa shape index (κ3) is 3.26. The standard InChI is InChI=1S/C16H15N3O2.Na/c17-8-13-12-6-7-19(9-11-4-2-1-3-5-11)10-14(12)16(21)18-15(13)20;/h1-5H,6-7,9-10H2,(H2,18,20,21);/q;+1/p-1. The van der Waals surface area contributed by atoms with Crippen molar-refractivity contribution in [1.29, 1.82) is 5.26 Å². The van der Waals surface area contributed by atoms with Gasteiger partial charge in [0, 0.05) is 19.6 Å². The average molecular weight is 303 g/mol. The largest absolute Gasteiger partial charge is 1.00 e. The Labute approximate surface area is 150 Å². The molecule has 1 aromatic carbocycles. The van der Waals surface area contributed by atoms with Crippen molar-refractivity contribution in [3.63, 3.8) is 0 Å². The molecule has 1 N–H and O–H groups in total. The van der Waals surface area contributed by atoms with E-state index in [1.807, 2.05) is 36.4 Å². The summed E-state index contributed by atoms with van der Waals surface area (Å²) in [5.41, 5.74) is 1.86. The number of pyridine rings is 1. The molecular formula is C16H14N3NaO2. The topological polar surface area (TPSA) is 82.9 Å². The molecule has 6 heteroatoms. The Morgan fingerprint density at radius 1 is 1.27 bits per heavy atom. The van der Waals surface area contributed by atoms with Crippen LogP contribution in [0.15, 0.2) is 35.1 Å². The van der Waals surface area contributed by atoms with Crippen LogP contribution in [-0.4, -0.2) is 16.4 Å². The number of hydrogen-bond acceptors (Lipinski definition) is 4. The second kappa shape index (κ2) is 7.12. The molecule has 0 atom stereocenters. The van der Waals surface area contributed by atoms with Gasteiger partial charge in [-0.05, 0) is 29.0 Å². The molecular weight excluding hydrogens is 289 g/mol. The van der Waals surface area contributed by atoms with Crippen LogP contribution in [0, 0.1) is 11.3 Å². The van der Waals surface area contributed by atoms with Gasteiger partial charge in [0.05, 0.1) is 0 Å². The van der Waals surface area contributed by atoms with Crippen molar-refractivity contribution in [2.24, 2.45) is 0 Å². The van der Waals surface area contributed by atoms with Crippen molar-refractivity contribution in [1.82, 2.24) is 9.88 Å². The molecule has 0 saturated heterocycles. The maximum absolute atomic E-state index is 12.0. The molecule has 0 bridgehead atoms. The maximum Gasteiger partial charge on any atom is 1.00 e. The van der Waals surface area contributed by atoms with Gasteiger partial charge in [0.2, 0.25) is 0 Å². The quantitative estimate of drug-likeness (QED) is 0.643. The van der Waals surface area contributed by atoms with Gasteiger partial charge in [-0.2, -0.15) is 5.26 Å². The molecule has 22 heavy (non-hydrogen) atoms. The van der Waals surface area contributed by atoms with Crippen LogP contribution in [-0.2, 0) is 19.5 Å². The first kappa shape index (κ1) is 16.8. The molecule has 1 aromatic heterocycles. The number of nitrogens with one attached hydrogen (secondary N) is 1. The summed E-state index contributed by atoms with van der Waals surface area (Å²) in [5, 5.41) is 21.0. The first-order valence-corrected chi connectivity index (χ1v) is 6.80. The number of nitriles is 1. The van der Waals surface area contributed by atoms with Gasteiger partial charge in [-0.1, -0.05) is 30.3 Å². The van der Waals surface area contributed by atoms with Gasteiger partial charge in [0.1, 0.15) is 11.6 Å². The minimum atomic E-state index is -0.572. The van der Waals surface area contributed by atoms with Crippen LogP contribution in [0.4, 0.5) is 0 Å². The zero-order valence-electron chi connectivity index (χ0n) is 12.4. The van der Waals surface area contributed by atoms with Gasteiger partial charge >= 0.3 is 29.6 Å². The molecule has 3 rings (SSSR count). The van der Waals surface area contributed by atoms with E-state index in [9.17, 15) is 9.90 Å². The van der Waals surface area contributed by atoms with E-state index in [1.165, 1.54) is 5.56 Å². The van der Waals surface area contributed by atoms with Gasteiger partial charge < -0.3 is 10.1 Å². The Kier molecular flexibility index (Phi) is 5.43. The smallest absolute Gasteiger partial charge is 0.860 e. The normalized spacial score (nSPS) is 13.8. The SMILES string of the molecule is N#Cc1c2c(c([O-])[nH]c1=O)CN(Cc1ccccc1)CC2.[Na+]. The van der Waals surface area contributed by atoms with E-state index in [2.05, 4.69) is 9.88 Å². The number of rotatable bonds is 2. The third-order valence-corrected chi connectivity index (χ3v) is 3.81. The number of aromatic nitrogens is 1. The van der Waals surface area contributed by atoms with Crippen molar-refractivity contribution in [3.8, 4) is 11.9 Å². The summed E-state index contributed by atoms with van der Waals surface area (Å²) in [5.74, 6) is -0.369. The molecule has 0 fully saturated rings. The Balaban J connectivity index is 0.00000176. The Hall–Kier alpha value is -1.58. The molecule has 5 nitrogen and oxygen atoms in total. The minimum absolute atomic E-state index is 0. The van der Waals surface area contributed by atoms with E-state index < -0.39 is 5.56 Å². The van der Waals surface area contributed by atoms with E-state index >= 15 is 0 Å². The van der Waals surface area contributed by atoms with E-state index in [0.29, 0.717) is 24.1 Å². The molecule has 0 aliphatic carbocycles. The van der Waals surface area contributed by atoms with E-state index in [4.69, 9.17) is 5.26 Å². The number of hydrogen-bond donors (Lipinski definition) is 1. The van der Waals surface area contributed by atoms with Gasteiger partial charge in [-0.25, -0.2) is 0 Å². The van der Waals surface area contributed by atoms with Crippen molar-refractivity contribution in [2.75, 3.05) is 6.54 Å². The minimum Gasteiger partial charge on any atom is -0.860 e. The molecule has 2 aromatic rings. The van der Waals surface area contributed by atoms with Crippen LogP contribution in [0.25, 0.3) is 0 Å². The molecule has 0 amide bonds. The zero-order valence-corrected chi connectivity index (χ0v) is 14.4. The molecule has 0 spiro atoms. The summed E-state index contributed by atoms with van der Waals surface area (Å²) in [6, 6.07) is 11.9. The number of fused-ring (bicyclic) bond motifs is 1. The fraction of sp³-hybridized carbons (Fsp3) is 0.250. The first-order chi connectivity index (χ1) is 10.2. The monoisotopic (exact) mass is 303 g/mol. The van der Waals surface area contributed by atoms with Crippen LogP contribution in [0.1, 0.15) is 22.3 Å². The summed E-state index contributed by atoms with van der Waals surface area (Å²) >= 11 is 0. The van der Waals surface area contributed by atoms with Gasteiger partial charge in [-0.15, -0.1) is 0 Å². The molecule has 2 heterocycles. The average Bonchev–Trinajstić information content (AvgIpc) is 2.49. The second-order valence-corrected chi connectivity index (χ2v) is 5.17. The summed E-state index contributed by atoms with van der Waals surface area (Å²) in [6.07, 6.45) is 0.560. The van der Waals surface area contributed by atoms with E-state index in [0.717, 1.165) is 13.1 Å². The Morgan fingerprint density at radius 2 is 2.00 bits per heavy atom. The number of nitrogens with zero attached hydrogens (tertiary/aromatic N) is 2. The first-order valence-electron chi connectivity index (χ1n) is 6.80. The summed E-state index contributed by atoms with van der Waals surface area (Å²) in [6.45, 7) is 1.95. The predicted molar refractivity (Wildman–Crippen MR) is 75.5 cm³/mol. The molecule has 0 unspecified atom stereocenters. The molecule has 0 radical (unpaired) electrons. The molecule has 1 aliphatic heterocycles. The van der Waals surface area contributed by atoms with Crippen LogP contribution in [0.5, 0.6) is 5.88 Å². The Morgan fingerprint density at radius 3 is 2.68 bits per heavy atom. The Bertz CT molecular complexity index is 765.